The molecule has 86 valence electrons. The molecule has 2 rings (SSSR count). The second-order valence-corrected chi connectivity index (χ2v) is 4.86. The van der Waals surface area contributed by atoms with Crippen molar-refractivity contribution < 1.29 is 9.52 Å². The molecule has 3 heteroatoms. The molecule has 2 nitrogen and oxygen atoms in total. The Morgan fingerprint density at radius 3 is 2.75 bits per heavy atom. The van der Waals surface area contributed by atoms with E-state index in [1.165, 1.54) is 0 Å². The summed E-state index contributed by atoms with van der Waals surface area (Å²) in [6, 6.07) is 7.44. The molecule has 1 N–H and O–H groups in total. The van der Waals surface area contributed by atoms with Crippen LogP contribution in [0.2, 0.25) is 5.02 Å². The van der Waals surface area contributed by atoms with Gasteiger partial charge >= 0.3 is 0 Å². The van der Waals surface area contributed by atoms with Crippen LogP contribution in [0, 0.1) is 5.92 Å². The normalized spacial score (nSPS) is 13.6. The van der Waals surface area contributed by atoms with Crippen LogP contribution in [-0.4, -0.2) is 5.11 Å². The zero-order chi connectivity index (χ0) is 11.7. The monoisotopic (exact) mass is 238 g/mol. The molecule has 0 radical (unpaired) electrons. The Balaban J connectivity index is 2.36. The molecule has 0 aliphatic rings. The predicted octanol–water partition coefficient (Wildman–Crippen LogP) is 4.17. The molecule has 0 saturated carbocycles. The number of hydrogen-bond acceptors (Lipinski definition) is 2. The van der Waals surface area contributed by atoms with E-state index in [-0.39, 0.29) is 0 Å². The Bertz CT molecular complexity index is 488. The zero-order valence-electron chi connectivity index (χ0n) is 9.40. The van der Waals surface area contributed by atoms with Crippen molar-refractivity contribution in [1.82, 2.24) is 0 Å². The highest BCUT2D eigenvalue weighted by Crippen LogP contribution is 2.31. The van der Waals surface area contributed by atoms with Crippen molar-refractivity contribution in [2.75, 3.05) is 0 Å². The van der Waals surface area contributed by atoms with Gasteiger partial charge in [-0.1, -0.05) is 37.6 Å². The second-order valence-electron chi connectivity index (χ2n) is 4.45. The zero-order valence-corrected chi connectivity index (χ0v) is 10.2. The SMILES string of the molecule is CC(C)CC(O)c1cc2cccc(Cl)c2o1. The van der Waals surface area contributed by atoms with Crippen LogP contribution in [0.25, 0.3) is 11.0 Å². The van der Waals surface area contributed by atoms with Crippen molar-refractivity contribution in [2.45, 2.75) is 26.4 Å². The first-order chi connectivity index (χ1) is 7.58. The maximum Gasteiger partial charge on any atom is 0.152 e. The minimum absolute atomic E-state index is 0.429. The fraction of sp³-hybridized carbons (Fsp3) is 0.385. The molecule has 1 heterocycles. The number of fused-ring (bicyclic) bond motifs is 1. The van der Waals surface area contributed by atoms with Gasteiger partial charge in [0.15, 0.2) is 5.58 Å². The number of aliphatic hydroxyl groups is 1. The topological polar surface area (TPSA) is 33.4 Å². The summed E-state index contributed by atoms with van der Waals surface area (Å²) in [7, 11) is 0. The first-order valence-corrected chi connectivity index (χ1v) is 5.81. The predicted molar refractivity (Wildman–Crippen MR) is 65.6 cm³/mol. The van der Waals surface area contributed by atoms with E-state index in [9.17, 15) is 5.11 Å². The summed E-state index contributed by atoms with van der Waals surface area (Å²) in [6.07, 6.45) is 0.140. The van der Waals surface area contributed by atoms with Gasteiger partial charge < -0.3 is 9.52 Å². The van der Waals surface area contributed by atoms with Crippen molar-refractivity contribution in [2.24, 2.45) is 5.92 Å². The lowest BCUT2D eigenvalue weighted by Crippen LogP contribution is -2.00. The van der Waals surface area contributed by atoms with Crippen molar-refractivity contribution in [3.05, 3.63) is 35.0 Å². The largest absolute Gasteiger partial charge is 0.457 e. The van der Waals surface area contributed by atoms with E-state index >= 15 is 0 Å². The van der Waals surface area contributed by atoms with Crippen molar-refractivity contribution >= 4 is 22.6 Å². The van der Waals surface area contributed by atoms with Gasteiger partial charge in [-0.15, -0.1) is 0 Å². The highest BCUT2D eigenvalue weighted by atomic mass is 35.5. The van der Waals surface area contributed by atoms with E-state index in [0.717, 1.165) is 5.39 Å². The minimum atomic E-state index is -0.552. The number of benzene rings is 1. The van der Waals surface area contributed by atoms with Crippen molar-refractivity contribution in [3.8, 4) is 0 Å². The van der Waals surface area contributed by atoms with Crippen LogP contribution in [0.3, 0.4) is 0 Å². The maximum absolute atomic E-state index is 9.95. The van der Waals surface area contributed by atoms with E-state index in [2.05, 4.69) is 13.8 Å². The molecule has 0 aliphatic heterocycles. The van der Waals surface area contributed by atoms with Gasteiger partial charge in [0, 0.05) is 5.39 Å². The quantitative estimate of drug-likeness (QED) is 0.871. The van der Waals surface area contributed by atoms with Crippen LogP contribution in [0.4, 0.5) is 0 Å². The third kappa shape index (κ3) is 2.23. The standard InChI is InChI=1S/C13H15ClO2/c1-8(2)6-11(15)12-7-9-4-3-5-10(14)13(9)16-12/h3-5,7-8,11,15H,6H2,1-2H3. The number of rotatable bonds is 3. The summed E-state index contributed by atoms with van der Waals surface area (Å²) >= 11 is 6.01. The molecule has 2 aromatic rings. The Hall–Kier alpha value is -0.990. The number of hydrogen-bond donors (Lipinski definition) is 1. The van der Waals surface area contributed by atoms with Gasteiger partial charge in [-0.05, 0) is 24.5 Å². The minimum Gasteiger partial charge on any atom is -0.457 e. The average Bonchev–Trinajstić information content (AvgIpc) is 2.61. The molecular formula is C13H15ClO2. The van der Waals surface area contributed by atoms with Gasteiger partial charge in [0.2, 0.25) is 0 Å². The highest BCUT2D eigenvalue weighted by molar-refractivity contribution is 6.34. The number of halogens is 1. The molecule has 1 unspecified atom stereocenters. The van der Waals surface area contributed by atoms with Gasteiger partial charge in [-0.25, -0.2) is 0 Å². The van der Waals surface area contributed by atoms with Crippen LogP contribution in [0.15, 0.2) is 28.7 Å². The first kappa shape index (κ1) is 11.5. The van der Waals surface area contributed by atoms with Gasteiger partial charge in [-0.2, -0.15) is 0 Å². The smallest absolute Gasteiger partial charge is 0.152 e. The summed E-state index contributed by atoms with van der Waals surface area (Å²) in [5.74, 6) is 1.02. The maximum atomic E-state index is 9.95. The molecule has 1 atom stereocenters. The van der Waals surface area contributed by atoms with E-state index in [0.29, 0.717) is 28.7 Å². The summed E-state index contributed by atoms with van der Waals surface area (Å²) in [5, 5.41) is 11.5. The molecule has 16 heavy (non-hydrogen) atoms. The lowest BCUT2D eigenvalue weighted by molar-refractivity contribution is 0.128. The fourth-order valence-corrected chi connectivity index (χ4v) is 1.99. The van der Waals surface area contributed by atoms with Gasteiger partial charge in [0.25, 0.3) is 0 Å². The lowest BCUT2D eigenvalue weighted by atomic mass is 10.0. The Morgan fingerprint density at radius 2 is 2.12 bits per heavy atom. The van der Waals surface area contributed by atoms with Gasteiger partial charge in [0.1, 0.15) is 11.9 Å². The van der Waals surface area contributed by atoms with E-state index in [1.54, 1.807) is 6.07 Å². The Kier molecular flexibility index (Phi) is 3.22. The first-order valence-electron chi connectivity index (χ1n) is 5.44. The summed E-state index contributed by atoms with van der Waals surface area (Å²) < 4.78 is 5.58. The van der Waals surface area contributed by atoms with Crippen LogP contribution in [0.1, 0.15) is 32.1 Å². The molecule has 1 aromatic carbocycles. The molecular weight excluding hydrogens is 224 g/mol. The Morgan fingerprint density at radius 1 is 1.38 bits per heavy atom. The van der Waals surface area contributed by atoms with Gasteiger partial charge in [0.05, 0.1) is 5.02 Å². The van der Waals surface area contributed by atoms with E-state index in [1.807, 2.05) is 18.2 Å². The summed E-state index contributed by atoms with van der Waals surface area (Å²) in [6.45, 7) is 4.14. The molecule has 0 amide bonds. The molecule has 0 bridgehead atoms. The molecule has 0 aliphatic carbocycles. The van der Waals surface area contributed by atoms with E-state index in [4.69, 9.17) is 16.0 Å². The average molecular weight is 239 g/mol. The van der Waals surface area contributed by atoms with Crippen LogP contribution in [0.5, 0.6) is 0 Å². The summed E-state index contributed by atoms with van der Waals surface area (Å²) in [4.78, 5) is 0. The van der Waals surface area contributed by atoms with Gasteiger partial charge in [-0.3, -0.25) is 0 Å². The van der Waals surface area contributed by atoms with Crippen LogP contribution in [-0.2, 0) is 0 Å². The number of para-hydroxylation sites is 1. The third-order valence-corrected chi connectivity index (χ3v) is 2.84. The molecule has 0 spiro atoms. The van der Waals surface area contributed by atoms with Crippen molar-refractivity contribution in [3.63, 3.8) is 0 Å². The van der Waals surface area contributed by atoms with Crippen LogP contribution >= 0.6 is 11.6 Å². The third-order valence-electron chi connectivity index (χ3n) is 2.54. The second kappa shape index (κ2) is 4.48. The van der Waals surface area contributed by atoms with Crippen LogP contribution < -0.4 is 0 Å². The number of aliphatic hydroxyl groups excluding tert-OH is 1. The summed E-state index contributed by atoms with van der Waals surface area (Å²) in [5.41, 5.74) is 0.655. The molecule has 0 saturated heterocycles. The fourth-order valence-electron chi connectivity index (χ4n) is 1.77. The van der Waals surface area contributed by atoms with Crippen molar-refractivity contribution in [1.29, 1.82) is 0 Å². The molecule has 1 aromatic heterocycles. The lowest BCUT2D eigenvalue weighted by Gasteiger charge is -2.09. The number of furan rings is 1. The highest BCUT2D eigenvalue weighted by Gasteiger charge is 2.15. The van der Waals surface area contributed by atoms with E-state index < -0.39 is 6.10 Å². The Labute approximate surface area is 99.8 Å². The molecule has 0 fully saturated rings.